The molecule has 0 bridgehead atoms. The molecule has 0 aliphatic carbocycles. The smallest absolute Gasteiger partial charge is 0.306 e. The average Bonchev–Trinajstić information content (AvgIpc) is 3.43. The Morgan fingerprint density at radius 3 is 0.519 bits per heavy atom. The molecule has 0 saturated heterocycles. The van der Waals surface area contributed by atoms with Gasteiger partial charge in [0, 0.05) is 19.3 Å². The predicted octanol–water partition coefficient (Wildman–Crippen LogP) is 24.2. The molecule has 0 aliphatic heterocycles. The lowest BCUT2D eigenvalue weighted by atomic mass is 10.0. The maximum atomic E-state index is 12.9. The molecule has 0 rings (SSSR count). The summed E-state index contributed by atoms with van der Waals surface area (Å²) >= 11 is 0. The van der Waals surface area contributed by atoms with E-state index in [1.165, 1.54) is 321 Å². The van der Waals surface area contributed by atoms with Crippen molar-refractivity contribution in [3.05, 3.63) is 0 Å². The number of rotatable bonds is 67. The highest BCUT2D eigenvalue weighted by Crippen LogP contribution is 2.19. The zero-order valence-electron chi connectivity index (χ0n) is 52.8. The summed E-state index contributed by atoms with van der Waals surface area (Å²) in [6.07, 6.45) is 78.5. The van der Waals surface area contributed by atoms with E-state index < -0.39 is 6.10 Å². The molecule has 0 aromatic rings. The van der Waals surface area contributed by atoms with Gasteiger partial charge in [-0.3, -0.25) is 14.4 Å². The average molecular weight is 1090 g/mol. The van der Waals surface area contributed by atoms with E-state index in [4.69, 9.17) is 14.2 Å². The van der Waals surface area contributed by atoms with E-state index in [0.717, 1.165) is 57.8 Å². The van der Waals surface area contributed by atoms with Crippen molar-refractivity contribution in [3.8, 4) is 0 Å². The lowest BCUT2D eigenvalue weighted by Gasteiger charge is -2.18. The van der Waals surface area contributed by atoms with Gasteiger partial charge < -0.3 is 14.2 Å². The standard InChI is InChI=1S/C71H138O6/c1-4-7-10-13-16-19-22-25-27-29-31-33-34-35-36-37-38-40-41-43-46-49-52-55-58-61-64-70(73)76-67-68(66-75-69(72)63-60-57-54-51-48-45-24-21-18-15-12-9-6-3)77-71(74)65-62-59-56-53-50-47-44-42-39-32-30-28-26-23-20-17-14-11-8-5-2/h68H,4-67H2,1-3H3. The van der Waals surface area contributed by atoms with Crippen LogP contribution in [0.3, 0.4) is 0 Å². The van der Waals surface area contributed by atoms with Crippen molar-refractivity contribution in [2.75, 3.05) is 13.2 Å². The molecule has 0 amide bonds. The van der Waals surface area contributed by atoms with E-state index in [9.17, 15) is 14.4 Å². The number of hydrogen-bond acceptors (Lipinski definition) is 6. The first kappa shape index (κ1) is 75.4. The van der Waals surface area contributed by atoms with Gasteiger partial charge in [-0.1, -0.05) is 380 Å². The first-order valence-electron chi connectivity index (χ1n) is 35.5. The fraction of sp³-hybridized carbons (Fsp3) is 0.958. The van der Waals surface area contributed by atoms with Crippen LogP contribution in [0.4, 0.5) is 0 Å². The highest BCUT2D eigenvalue weighted by Gasteiger charge is 2.19. The van der Waals surface area contributed by atoms with Crippen molar-refractivity contribution in [3.63, 3.8) is 0 Å². The van der Waals surface area contributed by atoms with E-state index in [1.54, 1.807) is 0 Å². The van der Waals surface area contributed by atoms with Crippen molar-refractivity contribution in [2.45, 2.75) is 425 Å². The summed E-state index contributed by atoms with van der Waals surface area (Å²) in [5, 5.41) is 0. The molecular weight excluding hydrogens is 949 g/mol. The lowest BCUT2D eigenvalue weighted by molar-refractivity contribution is -0.167. The molecule has 458 valence electrons. The van der Waals surface area contributed by atoms with Gasteiger partial charge in [-0.15, -0.1) is 0 Å². The van der Waals surface area contributed by atoms with Crippen LogP contribution in [0.2, 0.25) is 0 Å². The number of esters is 3. The van der Waals surface area contributed by atoms with Crippen LogP contribution in [-0.2, 0) is 28.6 Å². The number of carbonyl (C=O) groups is 3. The molecule has 0 N–H and O–H groups in total. The Morgan fingerprint density at radius 1 is 0.208 bits per heavy atom. The summed E-state index contributed by atoms with van der Waals surface area (Å²) in [4.78, 5) is 38.4. The Kier molecular flexibility index (Phi) is 65.5. The van der Waals surface area contributed by atoms with Crippen LogP contribution in [0.5, 0.6) is 0 Å². The van der Waals surface area contributed by atoms with Crippen LogP contribution in [0.1, 0.15) is 419 Å². The van der Waals surface area contributed by atoms with Crippen molar-refractivity contribution in [2.24, 2.45) is 0 Å². The van der Waals surface area contributed by atoms with Crippen molar-refractivity contribution in [1.82, 2.24) is 0 Å². The molecule has 77 heavy (non-hydrogen) atoms. The Bertz CT molecular complexity index is 1160. The Morgan fingerprint density at radius 2 is 0.351 bits per heavy atom. The van der Waals surface area contributed by atoms with Gasteiger partial charge in [0.05, 0.1) is 0 Å². The highest BCUT2D eigenvalue weighted by molar-refractivity contribution is 5.71. The summed E-state index contributed by atoms with van der Waals surface area (Å²) in [7, 11) is 0. The molecule has 6 heteroatoms. The number of unbranched alkanes of at least 4 members (excludes halogenated alkanes) is 56. The van der Waals surface area contributed by atoms with Crippen LogP contribution in [0, 0.1) is 0 Å². The second kappa shape index (κ2) is 66.9. The normalized spacial score (nSPS) is 11.9. The minimum absolute atomic E-state index is 0.0602. The van der Waals surface area contributed by atoms with Gasteiger partial charge in [-0.25, -0.2) is 0 Å². The van der Waals surface area contributed by atoms with Crippen LogP contribution in [0.25, 0.3) is 0 Å². The van der Waals surface area contributed by atoms with E-state index in [1.807, 2.05) is 0 Å². The molecule has 0 aliphatic rings. The minimum Gasteiger partial charge on any atom is -0.462 e. The third-order valence-electron chi connectivity index (χ3n) is 16.6. The molecule has 0 radical (unpaired) electrons. The number of ether oxygens (including phenoxy) is 3. The molecular formula is C71H138O6. The predicted molar refractivity (Wildman–Crippen MR) is 335 cm³/mol. The van der Waals surface area contributed by atoms with Gasteiger partial charge in [0.15, 0.2) is 6.10 Å². The summed E-state index contributed by atoms with van der Waals surface area (Å²) in [6, 6.07) is 0. The van der Waals surface area contributed by atoms with E-state index >= 15 is 0 Å². The molecule has 0 aromatic carbocycles. The monoisotopic (exact) mass is 1090 g/mol. The van der Waals surface area contributed by atoms with Gasteiger partial charge in [0.1, 0.15) is 13.2 Å². The fourth-order valence-corrected chi connectivity index (χ4v) is 11.3. The van der Waals surface area contributed by atoms with Crippen molar-refractivity contribution in [1.29, 1.82) is 0 Å². The molecule has 0 spiro atoms. The zero-order chi connectivity index (χ0) is 55.7. The van der Waals surface area contributed by atoms with Crippen LogP contribution < -0.4 is 0 Å². The lowest BCUT2D eigenvalue weighted by Crippen LogP contribution is -2.30. The van der Waals surface area contributed by atoms with Crippen LogP contribution >= 0.6 is 0 Å². The molecule has 0 aromatic heterocycles. The Balaban J connectivity index is 4.17. The first-order valence-corrected chi connectivity index (χ1v) is 35.5. The molecule has 1 atom stereocenters. The van der Waals surface area contributed by atoms with Gasteiger partial charge in [-0.2, -0.15) is 0 Å². The van der Waals surface area contributed by atoms with E-state index in [-0.39, 0.29) is 31.1 Å². The Hall–Kier alpha value is -1.59. The van der Waals surface area contributed by atoms with Gasteiger partial charge in [0.2, 0.25) is 0 Å². The topological polar surface area (TPSA) is 78.9 Å². The van der Waals surface area contributed by atoms with Crippen molar-refractivity contribution >= 4 is 17.9 Å². The molecule has 6 nitrogen and oxygen atoms in total. The summed E-state index contributed by atoms with van der Waals surface area (Å²) < 4.78 is 17.0. The largest absolute Gasteiger partial charge is 0.462 e. The quantitative estimate of drug-likeness (QED) is 0.0343. The zero-order valence-corrected chi connectivity index (χ0v) is 52.8. The van der Waals surface area contributed by atoms with Gasteiger partial charge in [0.25, 0.3) is 0 Å². The summed E-state index contributed by atoms with van der Waals surface area (Å²) in [5.41, 5.74) is 0. The molecule has 0 fully saturated rings. The van der Waals surface area contributed by atoms with Crippen LogP contribution in [-0.4, -0.2) is 37.2 Å². The third-order valence-corrected chi connectivity index (χ3v) is 16.6. The van der Waals surface area contributed by atoms with Crippen LogP contribution in [0.15, 0.2) is 0 Å². The van der Waals surface area contributed by atoms with Crippen molar-refractivity contribution < 1.29 is 28.6 Å². The third kappa shape index (κ3) is 65.1. The highest BCUT2D eigenvalue weighted by atomic mass is 16.6. The van der Waals surface area contributed by atoms with Gasteiger partial charge >= 0.3 is 17.9 Å². The number of hydrogen-bond donors (Lipinski definition) is 0. The molecule has 1 unspecified atom stereocenters. The molecule has 0 saturated carbocycles. The number of carbonyl (C=O) groups excluding carboxylic acids is 3. The second-order valence-electron chi connectivity index (χ2n) is 24.5. The second-order valence-corrected chi connectivity index (χ2v) is 24.5. The van der Waals surface area contributed by atoms with E-state index in [2.05, 4.69) is 20.8 Å². The first-order chi connectivity index (χ1) is 38.0. The van der Waals surface area contributed by atoms with Gasteiger partial charge in [-0.05, 0) is 19.3 Å². The fourth-order valence-electron chi connectivity index (χ4n) is 11.3. The summed E-state index contributed by atoms with van der Waals surface area (Å²) in [6.45, 7) is 6.74. The Labute approximate surface area is 482 Å². The minimum atomic E-state index is -0.763. The molecule has 0 heterocycles. The maximum Gasteiger partial charge on any atom is 0.306 e. The SMILES string of the molecule is CCCCCCCCCCCCCCCCCCCCCCCCCCCCC(=O)OCC(COC(=O)CCCCCCCCCCCCCCC)OC(=O)CCCCCCCCCCCCCCCCCCCCCC. The van der Waals surface area contributed by atoms with E-state index in [0.29, 0.717) is 19.3 Å². The maximum absolute atomic E-state index is 12.9. The summed E-state index contributed by atoms with van der Waals surface area (Å²) in [5.74, 6) is -0.820.